The molecular formula is C23H18N4O4S. The molecule has 1 heterocycles. The Kier molecular flexibility index (Phi) is 5.91. The summed E-state index contributed by atoms with van der Waals surface area (Å²) in [5.74, 6) is 0.358. The first-order valence-corrected chi connectivity index (χ1v) is 10.4. The number of hydrogen-bond donors (Lipinski definition) is 0. The highest BCUT2D eigenvalue weighted by molar-refractivity contribution is 7.22. The molecule has 1 aromatic heterocycles. The summed E-state index contributed by atoms with van der Waals surface area (Å²) in [5, 5.41) is 16.9. The summed E-state index contributed by atoms with van der Waals surface area (Å²) in [4.78, 5) is 28.3. The molecule has 4 aromatic rings. The SMILES string of the molecule is COc1ccc2nc(N(/N=C/c3ccc([N+](=O)[O-])cc3)C(=O)c3cccc(C)c3)sc2c1. The molecule has 0 saturated heterocycles. The number of non-ortho nitro benzene ring substituents is 1. The summed E-state index contributed by atoms with van der Waals surface area (Å²) in [7, 11) is 1.59. The van der Waals surface area contributed by atoms with Crippen molar-refractivity contribution in [2.24, 2.45) is 5.10 Å². The molecule has 4 rings (SSSR count). The Morgan fingerprint density at radius 1 is 1.16 bits per heavy atom. The van der Waals surface area contributed by atoms with Crippen molar-refractivity contribution in [3.63, 3.8) is 0 Å². The first-order valence-electron chi connectivity index (χ1n) is 9.59. The van der Waals surface area contributed by atoms with Crippen LogP contribution < -0.4 is 9.75 Å². The van der Waals surface area contributed by atoms with Crippen LogP contribution in [0.4, 0.5) is 10.8 Å². The molecule has 8 nitrogen and oxygen atoms in total. The fraction of sp³-hybridized carbons (Fsp3) is 0.0870. The van der Waals surface area contributed by atoms with Crippen LogP contribution >= 0.6 is 11.3 Å². The number of nitrogens with zero attached hydrogens (tertiary/aromatic N) is 4. The third-order valence-corrected chi connectivity index (χ3v) is 5.64. The van der Waals surface area contributed by atoms with Crippen LogP contribution in [-0.2, 0) is 0 Å². The van der Waals surface area contributed by atoms with Crippen molar-refractivity contribution in [1.29, 1.82) is 0 Å². The molecular weight excluding hydrogens is 428 g/mol. The van der Waals surface area contributed by atoms with Crippen molar-refractivity contribution >= 4 is 44.5 Å². The van der Waals surface area contributed by atoms with Crippen LogP contribution in [0, 0.1) is 17.0 Å². The molecule has 3 aromatic carbocycles. The minimum Gasteiger partial charge on any atom is -0.497 e. The third-order valence-electron chi connectivity index (χ3n) is 4.65. The van der Waals surface area contributed by atoms with E-state index in [0.717, 1.165) is 15.8 Å². The van der Waals surface area contributed by atoms with Gasteiger partial charge < -0.3 is 4.74 Å². The first kappa shape index (κ1) is 21.1. The van der Waals surface area contributed by atoms with Gasteiger partial charge in [-0.15, -0.1) is 0 Å². The molecule has 0 fully saturated rings. The minimum absolute atomic E-state index is 0.0186. The average molecular weight is 446 g/mol. The van der Waals surface area contributed by atoms with Crippen molar-refractivity contribution in [2.75, 3.05) is 12.1 Å². The molecule has 1 amide bonds. The Morgan fingerprint density at radius 2 is 1.94 bits per heavy atom. The largest absolute Gasteiger partial charge is 0.497 e. The van der Waals surface area contributed by atoms with Gasteiger partial charge in [0.05, 0.1) is 28.5 Å². The number of amides is 1. The lowest BCUT2D eigenvalue weighted by Gasteiger charge is -2.14. The van der Waals surface area contributed by atoms with Crippen LogP contribution in [0.15, 0.2) is 71.8 Å². The smallest absolute Gasteiger partial charge is 0.280 e. The molecule has 0 atom stereocenters. The number of hydrogen-bond acceptors (Lipinski definition) is 7. The van der Waals surface area contributed by atoms with Gasteiger partial charge >= 0.3 is 0 Å². The Labute approximate surface area is 187 Å². The number of aromatic nitrogens is 1. The number of methoxy groups -OCH3 is 1. The molecule has 0 unspecified atom stereocenters. The van der Waals surface area contributed by atoms with Gasteiger partial charge in [-0.1, -0.05) is 29.0 Å². The number of aryl methyl sites for hydroxylation is 1. The van der Waals surface area contributed by atoms with E-state index in [4.69, 9.17) is 4.74 Å². The maximum Gasteiger partial charge on any atom is 0.280 e. The molecule has 0 saturated carbocycles. The number of carbonyl (C=O) groups is 1. The number of carbonyl (C=O) groups excluding carboxylic acids is 1. The van der Waals surface area contributed by atoms with E-state index in [2.05, 4.69) is 10.1 Å². The lowest BCUT2D eigenvalue weighted by atomic mass is 10.1. The quantitative estimate of drug-likeness (QED) is 0.230. The zero-order chi connectivity index (χ0) is 22.7. The number of nitro groups is 1. The van der Waals surface area contributed by atoms with Crippen molar-refractivity contribution < 1.29 is 14.5 Å². The lowest BCUT2D eigenvalue weighted by Crippen LogP contribution is -2.25. The van der Waals surface area contributed by atoms with Gasteiger partial charge in [0.25, 0.3) is 11.6 Å². The summed E-state index contributed by atoms with van der Waals surface area (Å²) in [6.07, 6.45) is 1.48. The second kappa shape index (κ2) is 8.94. The van der Waals surface area contributed by atoms with Crippen LogP contribution in [0.2, 0.25) is 0 Å². The van der Waals surface area contributed by atoms with Gasteiger partial charge in [0.1, 0.15) is 5.75 Å². The van der Waals surface area contributed by atoms with Crippen LogP contribution in [0.5, 0.6) is 5.75 Å². The fourth-order valence-electron chi connectivity index (χ4n) is 3.01. The van der Waals surface area contributed by atoms with Crippen molar-refractivity contribution in [3.8, 4) is 5.75 Å². The van der Waals surface area contributed by atoms with E-state index in [0.29, 0.717) is 22.0 Å². The van der Waals surface area contributed by atoms with Crippen LogP contribution in [0.3, 0.4) is 0 Å². The van der Waals surface area contributed by atoms with Gasteiger partial charge in [0, 0.05) is 17.7 Å². The third kappa shape index (κ3) is 4.47. The number of ether oxygens (including phenoxy) is 1. The monoisotopic (exact) mass is 446 g/mol. The molecule has 0 spiro atoms. The standard InChI is InChI=1S/C23H18N4O4S/c1-15-4-3-5-17(12-15)22(28)26(24-14-16-6-8-18(9-7-16)27(29)30)23-25-20-11-10-19(31-2)13-21(20)32-23/h3-14H,1-2H3/b24-14+. The minimum atomic E-state index is -0.468. The van der Waals surface area contributed by atoms with Crippen LogP contribution in [0.25, 0.3) is 10.2 Å². The number of benzene rings is 3. The number of thiazole rings is 1. The van der Waals surface area contributed by atoms with Crippen LogP contribution in [-0.4, -0.2) is 29.1 Å². The summed E-state index contributed by atoms with van der Waals surface area (Å²) in [6, 6.07) is 18.6. The Hall–Kier alpha value is -4.11. The van der Waals surface area contributed by atoms with Crippen LogP contribution in [0.1, 0.15) is 21.5 Å². The molecule has 0 aliphatic carbocycles. The summed E-state index contributed by atoms with van der Waals surface area (Å²) in [6.45, 7) is 1.91. The van der Waals surface area contributed by atoms with Crippen molar-refractivity contribution in [3.05, 3.63) is 93.5 Å². The van der Waals surface area contributed by atoms with E-state index in [9.17, 15) is 14.9 Å². The summed E-state index contributed by atoms with van der Waals surface area (Å²) < 4.78 is 6.13. The maximum atomic E-state index is 13.3. The highest BCUT2D eigenvalue weighted by Gasteiger charge is 2.21. The number of hydrazone groups is 1. The predicted molar refractivity (Wildman–Crippen MR) is 125 cm³/mol. The summed E-state index contributed by atoms with van der Waals surface area (Å²) >= 11 is 1.31. The number of anilines is 1. The lowest BCUT2D eigenvalue weighted by molar-refractivity contribution is -0.384. The second-order valence-corrected chi connectivity index (χ2v) is 7.92. The molecule has 0 radical (unpaired) electrons. The van der Waals surface area contributed by atoms with E-state index >= 15 is 0 Å². The van der Waals surface area contributed by atoms with Gasteiger partial charge in [-0.2, -0.15) is 10.1 Å². The molecule has 32 heavy (non-hydrogen) atoms. The highest BCUT2D eigenvalue weighted by Crippen LogP contribution is 2.32. The second-order valence-electron chi connectivity index (χ2n) is 6.91. The maximum absolute atomic E-state index is 13.3. The van der Waals surface area contributed by atoms with Gasteiger partial charge in [0.2, 0.25) is 5.13 Å². The fourth-order valence-corrected chi connectivity index (χ4v) is 3.96. The number of rotatable bonds is 6. The number of fused-ring (bicyclic) bond motifs is 1. The van der Waals surface area contributed by atoms with Gasteiger partial charge in [-0.3, -0.25) is 14.9 Å². The van der Waals surface area contributed by atoms with Crippen molar-refractivity contribution in [1.82, 2.24) is 4.98 Å². The Bertz CT molecular complexity index is 1330. The zero-order valence-corrected chi connectivity index (χ0v) is 18.1. The van der Waals surface area contributed by atoms with E-state index in [1.54, 1.807) is 37.4 Å². The highest BCUT2D eigenvalue weighted by atomic mass is 32.1. The van der Waals surface area contributed by atoms with Crippen molar-refractivity contribution in [2.45, 2.75) is 6.92 Å². The molecule has 0 bridgehead atoms. The van der Waals surface area contributed by atoms with Gasteiger partial charge in [0.15, 0.2) is 0 Å². The van der Waals surface area contributed by atoms with Gasteiger partial charge in [-0.05, 0) is 55.0 Å². The van der Waals surface area contributed by atoms with E-state index < -0.39 is 4.92 Å². The normalized spacial score (nSPS) is 11.1. The molecule has 0 aliphatic rings. The van der Waals surface area contributed by atoms with E-state index in [1.807, 2.05) is 31.2 Å². The Morgan fingerprint density at radius 3 is 2.62 bits per heavy atom. The number of nitro benzene ring substituents is 1. The average Bonchev–Trinajstić information content (AvgIpc) is 3.22. The summed E-state index contributed by atoms with van der Waals surface area (Å²) in [5.41, 5.74) is 2.74. The molecule has 0 N–H and O–H groups in total. The topological polar surface area (TPSA) is 97.9 Å². The zero-order valence-electron chi connectivity index (χ0n) is 17.3. The van der Waals surface area contributed by atoms with Gasteiger partial charge in [-0.25, -0.2) is 4.98 Å². The Balaban J connectivity index is 1.74. The van der Waals surface area contributed by atoms with E-state index in [-0.39, 0.29) is 11.6 Å². The predicted octanol–water partition coefficient (Wildman–Crippen LogP) is 5.20. The molecule has 0 aliphatic heterocycles. The molecule has 9 heteroatoms. The molecule has 160 valence electrons. The first-order chi connectivity index (χ1) is 15.4. The van der Waals surface area contributed by atoms with E-state index in [1.165, 1.54) is 34.7 Å².